The van der Waals surface area contributed by atoms with E-state index in [1.165, 1.54) is 11.8 Å². The predicted molar refractivity (Wildman–Crippen MR) is 99.2 cm³/mol. The van der Waals surface area contributed by atoms with E-state index in [-0.39, 0.29) is 6.54 Å². The van der Waals surface area contributed by atoms with Crippen molar-refractivity contribution in [3.8, 4) is 0 Å². The molecule has 1 aliphatic heterocycles. The first-order valence-electron chi connectivity index (χ1n) is 8.32. The minimum Gasteiger partial charge on any atom is -0.307 e. The van der Waals surface area contributed by atoms with Gasteiger partial charge >= 0.3 is 6.03 Å². The molecule has 0 bridgehead atoms. The van der Waals surface area contributed by atoms with Gasteiger partial charge in [0.15, 0.2) is 0 Å². The minimum absolute atomic E-state index is 0.156. The predicted octanol–water partition coefficient (Wildman–Crippen LogP) is 2.82. The van der Waals surface area contributed by atoms with Gasteiger partial charge in [0, 0.05) is 11.6 Å². The molecule has 0 aliphatic carbocycles. The fraction of sp³-hybridized carbons (Fsp3) is 0.211. The Kier molecular flexibility index (Phi) is 5.43. The van der Waals surface area contributed by atoms with Gasteiger partial charge in [-0.3, -0.25) is 14.8 Å². The van der Waals surface area contributed by atoms with Crippen LogP contribution in [0.25, 0.3) is 0 Å². The summed E-state index contributed by atoms with van der Waals surface area (Å²) in [6.45, 7) is 1.65. The number of nitrogens with one attached hydrogen (secondary N) is 1. The fourth-order valence-electron chi connectivity index (χ4n) is 3.11. The van der Waals surface area contributed by atoms with Crippen LogP contribution in [0, 0.1) is 5.92 Å². The number of hydroxylamine groups is 1. The monoisotopic (exact) mass is 387 g/mol. The Bertz CT molecular complexity index is 857. The number of rotatable bonds is 5. The van der Waals surface area contributed by atoms with E-state index in [1.807, 2.05) is 30.3 Å². The summed E-state index contributed by atoms with van der Waals surface area (Å²) in [6.07, 6.45) is 0. The first-order valence-corrected chi connectivity index (χ1v) is 8.70. The number of carbonyl (C=O) groups is 3. The molecule has 2 unspecified atom stereocenters. The van der Waals surface area contributed by atoms with Gasteiger partial charge in [-0.1, -0.05) is 48.9 Å². The summed E-state index contributed by atoms with van der Waals surface area (Å²) in [6, 6.07) is 13.9. The molecule has 2 aromatic carbocycles. The minimum atomic E-state index is -1.04. The van der Waals surface area contributed by atoms with Crippen molar-refractivity contribution in [1.82, 2.24) is 10.4 Å². The largest absolute Gasteiger partial charge is 0.332 e. The summed E-state index contributed by atoms with van der Waals surface area (Å²) in [5.74, 6) is -2.21. The van der Waals surface area contributed by atoms with Crippen LogP contribution in [0.15, 0.2) is 54.6 Å². The quantitative estimate of drug-likeness (QED) is 0.469. The first-order chi connectivity index (χ1) is 12.9. The molecule has 1 heterocycles. The van der Waals surface area contributed by atoms with Crippen LogP contribution in [-0.2, 0) is 16.1 Å². The highest BCUT2D eigenvalue weighted by Gasteiger charge is 2.49. The molecule has 4 amide bonds. The summed E-state index contributed by atoms with van der Waals surface area (Å²) >= 11 is 5.89. The molecule has 2 atom stereocenters. The average molecular weight is 388 g/mol. The molecule has 0 spiro atoms. The van der Waals surface area contributed by atoms with Crippen LogP contribution in [0.4, 0.5) is 10.5 Å². The van der Waals surface area contributed by atoms with Crippen molar-refractivity contribution < 1.29 is 19.6 Å². The zero-order valence-electron chi connectivity index (χ0n) is 14.5. The zero-order valence-corrected chi connectivity index (χ0v) is 15.3. The van der Waals surface area contributed by atoms with Crippen LogP contribution >= 0.6 is 11.6 Å². The zero-order chi connectivity index (χ0) is 19.6. The summed E-state index contributed by atoms with van der Waals surface area (Å²) in [5.41, 5.74) is 2.74. The number of amides is 4. The van der Waals surface area contributed by atoms with Crippen LogP contribution < -0.4 is 10.4 Å². The molecule has 3 rings (SSSR count). The summed E-state index contributed by atoms with van der Waals surface area (Å²) in [4.78, 5) is 40.4. The van der Waals surface area contributed by atoms with Crippen molar-refractivity contribution in [3.63, 3.8) is 0 Å². The number of urea groups is 1. The van der Waals surface area contributed by atoms with Crippen LogP contribution in [0.1, 0.15) is 12.5 Å². The molecular weight excluding hydrogens is 370 g/mol. The van der Waals surface area contributed by atoms with Gasteiger partial charge in [0.25, 0.3) is 5.91 Å². The number of benzene rings is 2. The van der Waals surface area contributed by atoms with E-state index >= 15 is 0 Å². The van der Waals surface area contributed by atoms with Crippen LogP contribution in [-0.4, -0.2) is 34.0 Å². The Labute approximate surface area is 161 Å². The van der Waals surface area contributed by atoms with E-state index in [0.717, 1.165) is 10.5 Å². The summed E-state index contributed by atoms with van der Waals surface area (Å²) < 4.78 is 0. The van der Waals surface area contributed by atoms with Crippen molar-refractivity contribution in [1.29, 1.82) is 0 Å². The lowest BCUT2D eigenvalue weighted by Gasteiger charge is -2.25. The highest BCUT2D eigenvalue weighted by molar-refractivity contribution is 6.30. The Morgan fingerprint density at radius 2 is 1.78 bits per heavy atom. The Morgan fingerprint density at radius 1 is 1.15 bits per heavy atom. The molecule has 8 heteroatoms. The van der Waals surface area contributed by atoms with Gasteiger partial charge < -0.3 is 4.90 Å². The first kappa shape index (κ1) is 18.9. The molecule has 0 radical (unpaired) electrons. The molecule has 0 saturated carbocycles. The standard InChI is InChI=1S/C19H18ClN3O4/c1-12(17(24)21-27)16-18(25)23(15-9-7-14(20)8-10-15)19(26)22(16)11-13-5-3-2-4-6-13/h2-10,12,16,27H,11H2,1H3,(H,21,24). The third kappa shape index (κ3) is 3.65. The molecule has 27 heavy (non-hydrogen) atoms. The molecular formula is C19H18ClN3O4. The fourth-order valence-corrected chi connectivity index (χ4v) is 3.24. The number of hydrogen-bond acceptors (Lipinski definition) is 4. The number of imide groups is 1. The Morgan fingerprint density at radius 3 is 2.37 bits per heavy atom. The lowest BCUT2D eigenvalue weighted by molar-refractivity contribution is -0.137. The maximum atomic E-state index is 13.0. The number of nitrogens with zero attached hydrogens (tertiary/aromatic N) is 2. The Balaban J connectivity index is 1.99. The molecule has 1 saturated heterocycles. The molecule has 7 nitrogen and oxygen atoms in total. The van der Waals surface area contributed by atoms with Crippen LogP contribution in [0.5, 0.6) is 0 Å². The van der Waals surface area contributed by atoms with Crippen molar-refractivity contribution in [2.45, 2.75) is 19.5 Å². The van der Waals surface area contributed by atoms with Crippen molar-refractivity contribution in [2.24, 2.45) is 5.92 Å². The van der Waals surface area contributed by atoms with Gasteiger partial charge in [-0.15, -0.1) is 0 Å². The molecule has 1 fully saturated rings. The van der Waals surface area contributed by atoms with Crippen LogP contribution in [0.2, 0.25) is 5.02 Å². The van der Waals surface area contributed by atoms with Gasteiger partial charge in [-0.05, 0) is 29.8 Å². The number of hydrogen-bond donors (Lipinski definition) is 2. The van der Waals surface area contributed by atoms with Gasteiger partial charge in [0.1, 0.15) is 6.04 Å². The third-order valence-electron chi connectivity index (χ3n) is 4.52. The lowest BCUT2D eigenvalue weighted by Crippen LogP contribution is -2.45. The van der Waals surface area contributed by atoms with Crippen molar-refractivity contribution in [3.05, 3.63) is 65.2 Å². The van der Waals surface area contributed by atoms with E-state index in [4.69, 9.17) is 16.8 Å². The molecule has 0 aromatic heterocycles. The second-order valence-electron chi connectivity index (χ2n) is 6.26. The maximum absolute atomic E-state index is 13.0. The highest BCUT2D eigenvalue weighted by atomic mass is 35.5. The second-order valence-corrected chi connectivity index (χ2v) is 6.69. The van der Waals surface area contributed by atoms with Gasteiger partial charge in [-0.2, -0.15) is 0 Å². The van der Waals surface area contributed by atoms with E-state index in [0.29, 0.717) is 10.7 Å². The molecule has 1 aliphatic rings. The average Bonchev–Trinajstić information content (AvgIpc) is 2.92. The number of anilines is 1. The van der Waals surface area contributed by atoms with Crippen LogP contribution in [0.3, 0.4) is 0 Å². The third-order valence-corrected chi connectivity index (χ3v) is 4.78. The van der Waals surface area contributed by atoms with E-state index in [9.17, 15) is 14.4 Å². The van der Waals surface area contributed by atoms with Gasteiger partial charge in [0.05, 0.1) is 11.6 Å². The van der Waals surface area contributed by atoms with Crippen molar-refractivity contribution >= 4 is 35.1 Å². The summed E-state index contributed by atoms with van der Waals surface area (Å²) in [5, 5.41) is 9.44. The van der Waals surface area contributed by atoms with E-state index in [2.05, 4.69) is 0 Å². The molecule has 2 aromatic rings. The summed E-state index contributed by atoms with van der Waals surface area (Å²) in [7, 11) is 0. The lowest BCUT2D eigenvalue weighted by atomic mass is 9.99. The van der Waals surface area contributed by atoms with Crippen molar-refractivity contribution in [2.75, 3.05) is 4.90 Å². The second kappa shape index (κ2) is 7.77. The molecule has 2 N–H and O–H groups in total. The van der Waals surface area contributed by atoms with E-state index < -0.39 is 29.8 Å². The topological polar surface area (TPSA) is 90.0 Å². The van der Waals surface area contributed by atoms with Gasteiger partial charge in [0.2, 0.25) is 5.91 Å². The van der Waals surface area contributed by atoms with Gasteiger partial charge in [-0.25, -0.2) is 15.2 Å². The number of carbonyl (C=O) groups excluding carboxylic acids is 3. The Hall–Kier alpha value is -2.90. The number of halogens is 1. The van der Waals surface area contributed by atoms with E-state index in [1.54, 1.807) is 29.7 Å². The maximum Gasteiger partial charge on any atom is 0.332 e. The highest BCUT2D eigenvalue weighted by Crippen LogP contribution is 2.31. The SMILES string of the molecule is CC(C(=O)NO)C1C(=O)N(c2ccc(Cl)cc2)C(=O)N1Cc1ccccc1. The molecule has 140 valence electrons. The normalized spacial score (nSPS) is 18.0. The smallest absolute Gasteiger partial charge is 0.307 e.